The van der Waals surface area contributed by atoms with E-state index in [1.54, 1.807) is 18.3 Å². The van der Waals surface area contributed by atoms with Gasteiger partial charge in [-0.1, -0.05) is 6.92 Å². The summed E-state index contributed by atoms with van der Waals surface area (Å²) in [6.07, 6.45) is 3.80. The molecular weight excluding hydrogens is 244 g/mol. The Labute approximate surface area is 112 Å². The summed E-state index contributed by atoms with van der Waals surface area (Å²) >= 11 is 0. The molecule has 0 spiro atoms. The average Bonchev–Trinajstić information content (AvgIpc) is 2.92. The largest absolute Gasteiger partial charge is 0.378 e. The Balaban J connectivity index is 1.90. The number of nitrogens with two attached hydrogens (primary N) is 1. The lowest BCUT2D eigenvalue weighted by Crippen LogP contribution is -2.32. The number of carbonyl (C=O) groups is 1. The molecule has 1 saturated heterocycles. The lowest BCUT2D eigenvalue weighted by molar-refractivity contribution is 0.0827. The number of pyridine rings is 1. The van der Waals surface area contributed by atoms with E-state index in [0.717, 1.165) is 19.4 Å². The monoisotopic (exact) mass is 264 g/mol. The molecule has 0 saturated carbocycles. The number of hydrazine groups is 1. The first-order valence-electron chi connectivity index (χ1n) is 6.57. The second-order valence-electron chi connectivity index (χ2n) is 4.65. The predicted octanol–water partition coefficient (Wildman–Crippen LogP) is 0.912. The van der Waals surface area contributed by atoms with Crippen LogP contribution in [-0.2, 0) is 4.74 Å². The minimum atomic E-state index is -0.111. The van der Waals surface area contributed by atoms with Gasteiger partial charge in [-0.25, -0.2) is 10.8 Å². The van der Waals surface area contributed by atoms with Crippen LogP contribution in [-0.4, -0.2) is 30.1 Å². The Hall–Kier alpha value is -1.66. The maximum absolute atomic E-state index is 12.0. The van der Waals surface area contributed by atoms with E-state index >= 15 is 0 Å². The topological polar surface area (TPSA) is 89.3 Å². The zero-order chi connectivity index (χ0) is 13.7. The number of hydrogen-bond donors (Lipinski definition) is 3. The van der Waals surface area contributed by atoms with Crippen molar-refractivity contribution in [3.8, 4) is 0 Å². The number of aromatic nitrogens is 1. The van der Waals surface area contributed by atoms with Crippen LogP contribution in [0.1, 0.15) is 30.1 Å². The van der Waals surface area contributed by atoms with Crippen LogP contribution in [0, 0.1) is 5.92 Å². The van der Waals surface area contributed by atoms with Crippen LogP contribution >= 0.6 is 0 Å². The molecule has 2 heterocycles. The molecular formula is C13H20N4O2. The van der Waals surface area contributed by atoms with Crippen LogP contribution < -0.4 is 16.6 Å². The zero-order valence-electron chi connectivity index (χ0n) is 11.1. The number of rotatable bonds is 5. The number of nitrogen functional groups attached to an aromatic ring is 1. The molecule has 1 aromatic heterocycles. The molecule has 1 fully saturated rings. The smallest absolute Gasteiger partial charge is 0.251 e. The zero-order valence-corrected chi connectivity index (χ0v) is 11.1. The number of ether oxygens (including phenoxy) is 1. The number of carbonyl (C=O) groups excluding carboxylic acids is 1. The number of hydrogen-bond acceptors (Lipinski definition) is 5. The van der Waals surface area contributed by atoms with Crippen LogP contribution in [0.5, 0.6) is 0 Å². The van der Waals surface area contributed by atoms with Crippen molar-refractivity contribution in [2.45, 2.75) is 25.9 Å². The lowest BCUT2D eigenvalue weighted by Gasteiger charge is -2.17. The van der Waals surface area contributed by atoms with E-state index in [1.807, 2.05) is 0 Å². The van der Waals surface area contributed by atoms with Gasteiger partial charge >= 0.3 is 0 Å². The fraction of sp³-hybridized carbons (Fsp3) is 0.538. The van der Waals surface area contributed by atoms with Gasteiger partial charge in [-0.3, -0.25) is 4.79 Å². The Morgan fingerprint density at radius 1 is 1.63 bits per heavy atom. The summed E-state index contributed by atoms with van der Waals surface area (Å²) in [4.78, 5) is 16.0. The third-order valence-corrected chi connectivity index (χ3v) is 3.44. The minimum absolute atomic E-state index is 0.111. The average molecular weight is 264 g/mol. The molecule has 6 heteroatoms. The molecule has 2 rings (SSSR count). The van der Waals surface area contributed by atoms with Gasteiger partial charge in [0.2, 0.25) is 0 Å². The quantitative estimate of drug-likeness (QED) is 0.543. The van der Waals surface area contributed by atoms with E-state index in [4.69, 9.17) is 10.6 Å². The summed E-state index contributed by atoms with van der Waals surface area (Å²) in [5.41, 5.74) is 2.98. The molecule has 6 nitrogen and oxygen atoms in total. The Kier molecular flexibility index (Phi) is 4.70. The first-order valence-corrected chi connectivity index (χ1v) is 6.57. The molecule has 0 radical (unpaired) electrons. The molecule has 1 amide bonds. The summed E-state index contributed by atoms with van der Waals surface area (Å²) < 4.78 is 5.60. The van der Waals surface area contributed by atoms with Gasteiger partial charge in [0.25, 0.3) is 5.91 Å². The molecule has 2 unspecified atom stereocenters. The minimum Gasteiger partial charge on any atom is -0.378 e. The lowest BCUT2D eigenvalue weighted by atomic mass is 9.99. The van der Waals surface area contributed by atoms with E-state index in [9.17, 15) is 4.79 Å². The van der Waals surface area contributed by atoms with Crippen molar-refractivity contribution >= 4 is 11.7 Å². The van der Waals surface area contributed by atoms with Crippen LogP contribution in [0.3, 0.4) is 0 Å². The van der Waals surface area contributed by atoms with Gasteiger partial charge in [-0.2, -0.15) is 0 Å². The standard InChI is InChI=1S/C13H20N4O2/c1-2-11-10(4-6-19-11)8-16-13(18)9-3-5-15-12(7-9)17-14/h3,5,7,10-11H,2,4,6,8,14H2,1H3,(H,15,17)(H,16,18). The van der Waals surface area contributed by atoms with Crippen LogP contribution in [0.4, 0.5) is 5.82 Å². The Bertz CT molecular complexity index is 438. The van der Waals surface area contributed by atoms with Gasteiger partial charge in [0.1, 0.15) is 5.82 Å². The van der Waals surface area contributed by atoms with Gasteiger partial charge in [0.15, 0.2) is 0 Å². The predicted molar refractivity (Wildman–Crippen MR) is 72.5 cm³/mol. The van der Waals surface area contributed by atoms with Crippen LogP contribution in [0.2, 0.25) is 0 Å². The molecule has 104 valence electrons. The van der Waals surface area contributed by atoms with Crippen molar-refractivity contribution in [2.75, 3.05) is 18.6 Å². The van der Waals surface area contributed by atoms with Crippen LogP contribution in [0.25, 0.3) is 0 Å². The fourth-order valence-electron chi connectivity index (χ4n) is 2.35. The fourth-order valence-corrected chi connectivity index (χ4v) is 2.35. The highest BCUT2D eigenvalue weighted by Crippen LogP contribution is 2.22. The molecule has 1 aliphatic heterocycles. The molecule has 2 atom stereocenters. The Morgan fingerprint density at radius 3 is 3.21 bits per heavy atom. The number of anilines is 1. The molecule has 0 aromatic carbocycles. The summed E-state index contributed by atoms with van der Waals surface area (Å²) in [5.74, 6) is 6.04. The summed E-state index contributed by atoms with van der Waals surface area (Å²) in [6.45, 7) is 3.54. The molecule has 1 aromatic rings. The summed E-state index contributed by atoms with van der Waals surface area (Å²) in [7, 11) is 0. The van der Waals surface area contributed by atoms with Gasteiger partial charge in [-0.15, -0.1) is 0 Å². The van der Waals surface area contributed by atoms with E-state index in [-0.39, 0.29) is 12.0 Å². The molecule has 0 aliphatic carbocycles. The Morgan fingerprint density at radius 2 is 2.47 bits per heavy atom. The second kappa shape index (κ2) is 6.49. The number of nitrogens with one attached hydrogen (secondary N) is 2. The van der Waals surface area contributed by atoms with Gasteiger partial charge in [0.05, 0.1) is 6.10 Å². The number of amides is 1. The SMILES string of the molecule is CCC1OCCC1CNC(=O)c1ccnc(NN)c1. The second-order valence-corrected chi connectivity index (χ2v) is 4.65. The summed E-state index contributed by atoms with van der Waals surface area (Å²) in [6, 6.07) is 3.29. The molecule has 0 bridgehead atoms. The third kappa shape index (κ3) is 3.42. The van der Waals surface area contributed by atoms with Crippen molar-refractivity contribution in [1.29, 1.82) is 0 Å². The van der Waals surface area contributed by atoms with Crippen molar-refractivity contribution in [1.82, 2.24) is 10.3 Å². The van der Waals surface area contributed by atoms with Crippen molar-refractivity contribution in [3.05, 3.63) is 23.9 Å². The summed E-state index contributed by atoms with van der Waals surface area (Å²) in [5, 5.41) is 2.94. The molecule has 19 heavy (non-hydrogen) atoms. The maximum Gasteiger partial charge on any atom is 0.251 e. The maximum atomic E-state index is 12.0. The van der Waals surface area contributed by atoms with Gasteiger partial charge in [-0.05, 0) is 25.0 Å². The van der Waals surface area contributed by atoms with Gasteiger partial charge in [0, 0.05) is 30.8 Å². The van der Waals surface area contributed by atoms with Crippen molar-refractivity contribution < 1.29 is 9.53 Å². The first-order chi connectivity index (χ1) is 9.24. The normalized spacial score (nSPS) is 22.2. The van der Waals surface area contributed by atoms with Crippen LogP contribution in [0.15, 0.2) is 18.3 Å². The van der Waals surface area contributed by atoms with Crippen molar-refractivity contribution in [3.63, 3.8) is 0 Å². The van der Waals surface area contributed by atoms with Crippen molar-refractivity contribution in [2.24, 2.45) is 11.8 Å². The molecule has 4 N–H and O–H groups in total. The number of nitrogens with zero attached hydrogens (tertiary/aromatic N) is 1. The highest BCUT2D eigenvalue weighted by atomic mass is 16.5. The van der Waals surface area contributed by atoms with E-state index in [2.05, 4.69) is 22.7 Å². The third-order valence-electron chi connectivity index (χ3n) is 3.44. The highest BCUT2D eigenvalue weighted by Gasteiger charge is 2.26. The van der Waals surface area contributed by atoms with E-state index in [1.165, 1.54) is 0 Å². The van der Waals surface area contributed by atoms with E-state index < -0.39 is 0 Å². The highest BCUT2D eigenvalue weighted by molar-refractivity contribution is 5.94. The molecule has 1 aliphatic rings. The van der Waals surface area contributed by atoms with Gasteiger partial charge < -0.3 is 15.5 Å². The first kappa shape index (κ1) is 13.8. The van der Waals surface area contributed by atoms with E-state index in [0.29, 0.717) is 23.8 Å².